The monoisotopic (exact) mass is 476 g/mol. The van der Waals surface area contributed by atoms with Crippen molar-refractivity contribution >= 4 is 44.9 Å². The van der Waals surface area contributed by atoms with Crippen molar-refractivity contribution in [2.45, 2.75) is 4.90 Å². The second kappa shape index (κ2) is 9.80. The van der Waals surface area contributed by atoms with E-state index in [-0.39, 0.29) is 16.1 Å². The summed E-state index contributed by atoms with van der Waals surface area (Å²) in [6.07, 6.45) is 0. The van der Waals surface area contributed by atoms with E-state index in [0.29, 0.717) is 10.7 Å². The maximum Gasteiger partial charge on any atom is 0.338 e. The molecule has 0 bridgehead atoms. The number of nitrogens with one attached hydrogen (secondary N) is 1. The van der Waals surface area contributed by atoms with Crippen molar-refractivity contribution in [3.63, 3.8) is 0 Å². The lowest BCUT2D eigenvalue weighted by molar-refractivity contribution is -0.119. The van der Waals surface area contributed by atoms with Gasteiger partial charge >= 0.3 is 5.97 Å². The highest BCUT2D eigenvalue weighted by Gasteiger charge is 2.23. The molecule has 0 unspecified atom stereocenters. The molecule has 0 saturated heterocycles. The third-order valence-electron chi connectivity index (χ3n) is 4.34. The highest BCUT2D eigenvalue weighted by atomic mass is 35.5. The van der Waals surface area contributed by atoms with E-state index in [1.54, 1.807) is 18.2 Å². The molecule has 1 amide bonds. The van der Waals surface area contributed by atoms with E-state index in [1.165, 1.54) is 49.5 Å². The third-order valence-corrected chi connectivity index (χ3v) is 6.36. The lowest BCUT2D eigenvalue weighted by Crippen LogP contribution is -2.27. The molecule has 0 aliphatic carbocycles. The fourth-order valence-electron chi connectivity index (χ4n) is 2.73. The van der Waals surface area contributed by atoms with Crippen molar-refractivity contribution in [2.24, 2.45) is 0 Å². The summed E-state index contributed by atoms with van der Waals surface area (Å²) in [5.41, 5.74) is 0.506. The van der Waals surface area contributed by atoms with E-state index < -0.39 is 34.3 Å². The zero-order chi connectivity index (χ0) is 23.3. The zero-order valence-corrected chi connectivity index (χ0v) is 18.4. The zero-order valence-electron chi connectivity index (χ0n) is 16.8. The largest absolute Gasteiger partial charge is 0.452 e. The number of nitrogens with zero attached hydrogens (tertiary/aromatic N) is 1. The number of carbonyl (C=O) groups is 2. The number of carbonyl (C=O) groups excluding carboxylic acids is 2. The van der Waals surface area contributed by atoms with E-state index >= 15 is 0 Å². The molecule has 32 heavy (non-hydrogen) atoms. The molecular weight excluding hydrogens is 459 g/mol. The Kier molecular flexibility index (Phi) is 7.12. The highest BCUT2D eigenvalue weighted by Crippen LogP contribution is 2.25. The first-order chi connectivity index (χ1) is 15.2. The number of benzene rings is 3. The number of halogens is 2. The predicted molar refractivity (Wildman–Crippen MR) is 119 cm³/mol. The van der Waals surface area contributed by atoms with Crippen molar-refractivity contribution < 1.29 is 27.1 Å². The van der Waals surface area contributed by atoms with Gasteiger partial charge in [0.1, 0.15) is 5.82 Å². The first kappa shape index (κ1) is 23.2. The molecule has 0 spiro atoms. The normalized spacial score (nSPS) is 11.0. The number of anilines is 2. The molecule has 0 radical (unpaired) electrons. The quantitative estimate of drug-likeness (QED) is 0.518. The van der Waals surface area contributed by atoms with E-state index in [0.717, 1.165) is 16.4 Å². The Balaban J connectivity index is 1.69. The maximum absolute atomic E-state index is 13.2. The van der Waals surface area contributed by atoms with Crippen molar-refractivity contribution in [2.75, 3.05) is 23.3 Å². The van der Waals surface area contributed by atoms with Crippen LogP contribution in [-0.4, -0.2) is 33.9 Å². The fraction of sp³-hybridized carbons (Fsp3) is 0.0909. The van der Waals surface area contributed by atoms with Crippen molar-refractivity contribution in [3.05, 3.63) is 89.2 Å². The van der Waals surface area contributed by atoms with Crippen LogP contribution in [0.4, 0.5) is 15.8 Å². The summed E-state index contributed by atoms with van der Waals surface area (Å²) in [4.78, 5) is 24.1. The molecule has 0 aromatic heterocycles. The van der Waals surface area contributed by atoms with Gasteiger partial charge in [-0.1, -0.05) is 29.8 Å². The number of esters is 1. The van der Waals surface area contributed by atoms with Gasteiger partial charge in [-0.2, -0.15) is 0 Å². The summed E-state index contributed by atoms with van der Waals surface area (Å²) >= 11 is 5.94. The van der Waals surface area contributed by atoms with Gasteiger partial charge in [-0.25, -0.2) is 17.6 Å². The standard InChI is InChI=1S/C22H18ClFN2O5S/c1-26(19-9-3-6-16(23)12-19)32(29,30)20-10-2-5-15(11-20)22(28)31-14-21(27)25-18-8-4-7-17(24)13-18/h2-13H,14H2,1H3,(H,25,27). The van der Waals surface area contributed by atoms with Crippen LogP contribution in [0.15, 0.2) is 77.7 Å². The van der Waals surface area contributed by atoms with Gasteiger partial charge < -0.3 is 10.1 Å². The summed E-state index contributed by atoms with van der Waals surface area (Å²) in [6, 6.07) is 16.8. The Labute approximate surface area is 189 Å². The molecule has 3 aromatic rings. The van der Waals surface area contributed by atoms with Crippen molar-refractivity contribution in [1.82, 2.24) is 0 Å². The number of amides is 1. The van der Waals surface area contributed by atoms with Gasteiger partial charge in [0, 0.05) is 17.8 Å². The van der Waals surface area contributed by atoms with Crippen LogP contribution < -0.4 is 9.62 Å². The van der Waals surface area contributed by atoms with Crippen LogP contribution in [0.2, 0.25) is 5.02 Å². The average Bonchev–Trinajstić information content (AvgIpc) is 2.77. The van der Waals surface area contributed by atoms with Gasteiger partial charge in [0.25, 0.3) is 15.9 Å². The van der Waals surface area contributed by atoms with Gasteiger partial charge in [0.05, 0.1) is 16.1 Å². The lowest BCUT2D eigenvalue weighted by Gasteiger charge is -2.20. The summed E-state index contributed by atoms with van der Waals surface area (Å²) in [7, 11) is -2.62. The molecule has 7 nitrogen and oxygen atoms in total. The Morgan fingerprint density at radius 3 is 2.47 bits per heavy atom. The van der Waals surface area contributed by atoms with Crippen LogP contribution >= 0.6 is 11.6 Å². The molecule has 0 aliphatic heterocycles. The molecule has 0 saturated carbocycles. The van der Waals surface area contributed by atoms with Crippen LogP contribution in [0.1, 0.15) is 10.4 Å². The topological polar surface area (TPSA) is 92.8 Å². The molecule has 0 heterocycles. The fourth-order valence-corrected chi connectivity index (χ4v) is 4.15. The van der Waals surface area contributed by atoms with Crippen molar-refractivity contribution in [3.8, 4) is 0 Å². The van der Waals surface area contributed by atoms with Crippen LogP contribution in [0, 0.1) is 5.82 Å². The molecule has 166 valence electrons. The van der Waals surface area contributed by atoms with Gasteiger partial charge in [0.15, 0.2) is 6.61 Å². The van der Waals surface area contributed by atoms with E-state index in [2.05, 4.69) is 5.32 Å². The molecule has 0 aliphatic rings. The van der Waals surface area contributed by atoms with Gasteiger partial charge in [-0.3, -0.25) is 9.10 Å². The van der Waals surface area contributed by atoms with Crippen LogP contribution in [0.3, 0.4) is 0 Å². The van der Waals surface area contributed by atoms with Gasteiger partial charge in [0.2, 0.25) is 0 Å². The minimum atomic E-state index is -3.99. The highest BCUT2D eigenvalue weighted by molar-refractivity contribution is 7.92. The van der Waals surface area contributed by atoms with Crippen LogP contribution in [0.5, 0.6) is 0 Å². The first-order valence-electron chi connectivity index (χ1n) is 9.24. The Hall–Kier alpha value is -3.43. The minimum Gasteiger partial charge on any atom is -0.452 e. The first-order valence-corrected chi connectivity index (χ1v) is 11.1. The summed E-state index contributed by atoms with van der Waals surface area (Å²) < 4.78 is 45.1. The number of hydrogen-bond donors (Lipinski definition) is 1. The average molecular weight is 477 g/mol. The number of ether oxygens (including phenoxy) is 1. The van der Waals surface area contributed by atoms with Gasteiger partial charge in [-0.15, -0.1) is 0 Å². The molecule has 3 aromatic carbocycles. The maximum atomic E-state index is 13.2. The molecule has 1 N–H and O–H groups in total. The lowest BCUT2D eigenvalue weighted by atomic mass is 10.2. The summed E-state index contributed by atoms with van der Waals surface area (Å²) in [5.74, 6) is -2.09. The van der Waals surface area contributed by atoms with Crippen molar-refractivity contribution in [1.29, 1.82) is 0 Å². The Morgan fingerprint density at radius 1 is 1.03 bits per heavy atom. The SMILES string of the molecule is CN(c1cccc(Cl)c1)S(=O)(=O)c1cccc(C(=O)OCC(=O)Nc2cccc(F)c2)c1. The van der Waals surface area contributed by atoms with E-state index in [9.17, 15) is 22.4 Å². The smallest absolute Gasteiger partial charge is 0.338 e. The molecular formula is C22H18ClFN2O5S. The van der Waals surface area contributed by atoms with Crippen LogP contribution in [-0.2, 0) is 19.6 Å². The number of hydrogen-bond acceptors (Lipinski definition) is 5. The summed E-state index contributed by atoms with van der Waals surface area (Å²) in [5, 5.41) is 2.77. The second-order valence-corrected chi connectivity index (χ2v) is 9.02. The minimum absolute atomic E-state index is 0.0517. The molecule has 3 rings (SSSR count). The number of rotatable bonds is 7. The summed E-state index contributed by atoms with van der Waals surface area (Å²) in [6.45, 7) is -0.630. The van der Waals surface area contributed by atoms with E-state index in [1.807, 2.05) is 0 Å². The van der Waals surface area contributed by atoms with Crippen LogP contribution in [0.25, 0.3) is 0 Å². The molecule has 0 atom stereocenters. The molecule has 0 fully saturated rings. The van der Waals surface area contributed by atoms with Gasteiger partial charge in [-0.05, 0) is 54.6 Å². The second-order valence-electron chi connectivity index (χ2n) is 6.61. The van der Waals surface area contributed by atoms with E-state index in [4.69, 9.17) is 16.3 Å². The Morgan fingerprint density at radius 2 is 1.75 bits per heavy atom. The molecule has 10 heteroatoms. The predicted octanol–water partition coefficient (Wildman–Crippen LogP) is 4.10. The third kappa shape index (κ3) is 5.63. The Bertz CT molecular complexity index is 1270. The number of sulfonamides is 1.